The van der Waals surface area contributed by atoms with Crippen molar-refractivity contribution in [1.82, 2.24) is 14.9 Å². The number of ether oxygens (including phenoxy) is 2. The van der Waals surface area contributed by atoms with Crippen LogP contribution in [0.15, 0.2) is 24.4 Å². The number of fused-ring (bicyclic) bond motifs is 3. The molecule has 0 radical (unpaired) electrons. The summed E-state index contributed by atoms with van der Waals surface area (Å²) < 4.78 is 11.6. The minimum Gasteiger partial charge on any atom is -0.493 e. The minimum absolute atomic E-state index is 0.708. The van der Waals surface area contributed by atoms with Crippen LogP contribution < -0.4 is 9.47 Å². The summed E-state index contributed by atoms with van der Waals surface area (Å²) in [6, 6.07) is 6.23. The number of nitrogens with zero attached hydrogens (tertiary/aromatic N) is 2. The average molecular weight is 353 g/mol. The van der Waals surface area contributed by atoms with E-state index in [4.69, 9.17) is 9.47 Å². The molecule has 5 heteroatoms. The number of hydrogen-bond donors (Lipinski definition) is 1. The smallest absolute Gasteiger partial charge is 0.163 e. The molecule has 1 aliphatic heterocycles. The molecule has 1 aliphatic rings. The highest BCUT2D eigenvalue weighted by atomic mass is 16.5. The minimum atomic E-state index is 0.708. The number of methoxy groups -OCH3 is 1. The molecule has 0 bridgehead atoms. The zero-order valence-electron chi connectivity index (χ0n) is 15.7. The van der Waals surface area contributed by atoms with Gasteiger partial charge < -0.3 is 19.4 Å². The van der Waals surface area contributed by atoms with Crippen LogP contribution in [0.25, 0.3) is 21.8 Å². The largest absolute Gasteiger partial charge is 0.493 e. The first-order valence-electron chi connectivity index (χ1n) is 9.62. The number of aromatic amines is 1. The number of hydrogen-bond acceptors (Lipinski definition) is 4. The summed E-state index contributed by atoms with van der Waals surface area (Å²) >= 11 is 0. The lowest BCUT2D eigenvalue weighted by atomic mass is 10.1. The third kappa shape index (κ3) is 3.36. The molecule has 3 heterocycles. The van der Waals surface area contributed by atoms with Gasteiger partial charge in [0.1, 0.15) is 0 Å². The normalized spacial score (nSPS) is 15.2. The summed E-state index contributed by atoms with van der Waals surface area (Å²) in [6.45, 7) is 6.41. The van der Waals surface area contributed by atoms with Crippen molar-refractivity contribution >= 4 is 21.8 Å². The molecule has 4 rings (SSSR count). The summed E-state index contributed by atoms with van der Waals surface area (Å²) in [6.07, 6.45) is 6.58. The van der Waals surface area contributed by atoms with Crippen molar-refractivity contribution in [3.05, 3.63) is 30.1 Å². The van der Waals surface area contributed by atoms with Crippen molar-refractivity contribution in [1.29, 1.82) is 0 Å². The monoisotopic (exact) mass is 353 g/mol. The quantitative estimate of drug-likeness (QED) is 0.648. The van der Waals surface area contributed by atoms with Gasteiger partial charge in [-0.3, -0.25) is 4.98 Å². The fourth-order valence-electron chi connectivity index (χ4n) is 3.79. The molecule has 0 amide bonds. The van der Waals surface area contributed by atoms with E-state index < -0.39 is 0 Å². The first-order chi connectivity index (χ1) is 12.8. The van der Waals surface area contributed by atoms with Crippen LogP contribution in [0, 0.1) is 0 Å². The average Bonchev–Trinajstić information content (AvgIpc) is 3.30. The molecular formula is C21H27N3O2. The Labute approximate surface area is 154 Å². The maximum Gasteiger partial charge on any atom is 0.163 e. The summed E-state index contributed by atoms with van der Waals surface area (Å²) in [5.74, 6) is 1.58. The summed E-state index contributed by atoms with van der Waals surface area (Å²) in [4.78, 5) is 10.5. The number of nitrogens with one attached hydrogen (secondary N) is 1. The molecule has 0 atom stereocenters. The Morgan fingerprint density at radius 3 is 2.65 bits per heavy atom. The molecule has 1 aromatic carbocycles. The van der Waals surface area contributed by atoms with Crippen molar-refractivity contribution < 1.29 is 9.47 Å². The van der Waals surface area contributed by atoms with Gasteiger partial charge in [-0.15, -0.1) is 0 Å². The van der Waals surface area contributed by atoms with E-state index >= 15 is 0 Å². The third-order valence-corrected chi connectivity index (χ3v) is 5.26. The third-order valence-electron chi connectivity index (χ3n) is 5.26. The molecule has 3 aromatic rings. The molecule has 1 fully saturated rings. The molecule has 138 valence electrons. The van der Waals surface area contributed by atoms with Gasteiger partial charge in [0.05, 0.1) is 19.2 Å². The molecule has 0 unspecified atom stereocenters. The number of H-pyrrole nitrogens is 1. The van der Waals surface area contributed by atoms with Crippen molar-refractivity contribution in [2.45, 2.75) is 32.6 Å². The Bertz CT molecular complexity index is 897. The molecular weight excluding hydrogens is 326 g/mol. The summed E-state index contributed by atoms with van der Waals surface area (Å²) in [7, 11) is 1.69. The summed E-state index contributed by atoms with van der Waals surface area (Å²) in [5.41, 5.74) is 3.26. The lowest BCUT2D eigenvalue weighted by Gasteiger charge is -2.15. The molecule has 2 aromatic heterocycles. The van der Waals surface area contributed by atoms with E-state index in [2.05, 4.69) is 40.0 Å². The highest BCUT2D eigenvalue weighted by Crippen LogP contribution is 2.36. The zero-order chi connectivity index (χ0) is 17.9. The van der Waals surface area contributed by atoms with Gasteiger partial charge in [0.2, 0.25) is 0 Å². The van der Waals surface area contributed by atoms with Crippen molar-refractivity contribution in [3.63, 3.8) is 0 Å². The number of benzene rings is 1. The van der Waals surface area contributed by atoms with Crippen LogP contribution in [0.2, 0.25) is 0 Å². The Morgan fingerprint density at radius 2 is 1.88 bits per heavy atom. The second-order valence-corrected chi connectivity index (χ2v) is 7.00. The van der Waals surface area contributed by atoms with Gasteiger partial charge in [-0.1, -0.05) is 6.92 Å². The Kier molecular flexibility index (Phi) is 4.98. The number of aryl methyl sites for hydroxylation is 1. The highest BCUT2D eigenvalue weighted by Gasteiger charge is 2.13. The van der Waals surface area contributed by atoms with Crippen LogP contribution in [0.3, 0.4) is 0 Å². The molecule has 0 aliphatic carbocycles. The lowest BCUT2D eigenvalue weighted by Crippen LogP contribution is -2.21. The second-order valence-electron chi connectivity index (χ2n) is 7.00. The van der Waals surface area contributed by atoms with Crippen LogP contribution >= 0.6 is 0 Å². The molecule has 5 nitrogen and oxygen atoms in total. The first-order valence-corrected chi connectivity index (χ1v) is 9.62. The van der Waals surface area contributed by atoms with E-state index in [-0.39, 0.29) is 0 Å². The Morgan fingerprint density at radius 1 is 1.08 bits per heavy atom. The number of aromatic nitrogens is 2. The van der Waals surface area contributed by atoms with E-state index in [0.717, 1.165) is 58.4 Å². The van der Waals surface area contributed by atoms with Gasteiger partial charge in [-0.05, 0) is 50.9 Å². The van der Waals surface area contributed by atoms with Gasteiger partial charge >= 0.3 is 0 Å². The van der Waals surface area contributed by atoms with Gasteiger partial charge in [0, 0.05) is 40.8 Å². The van der Waals surface area contributed by atoms with E-state index in [0.29, 0.717) is 6.61 Å². The number of rotatable bonds is 7. The van der Waals surface area contributed by atoms with E-state index in [1.54, 1.807) is 7.11 Å². The standard InChI is InChI=1S/C21H27N3O2/c1-3-15-11-18-17(14-22-15)16-12-20(25-2)21(13-19(16)23-18)26-10-6-9-24-7-4-5-8-24/h11-14,23H,3-10H2,1-2H3. The van der Waals surface area contributed by atoms with E-state index in [1.807, 2.05) is 6.20 Å². The molecule has 1 saturated heterocycles. The number of likely N-dealkylation sites (tertiary alicyclic amines) is 1. The van der Waals surface area contributed by atoms with Gasteiger partial charge in [-0.2, -0.15) is 0 Å². The lowest BCUT2D eigenvalue weighted by molar-refractivity contribution is 0.254. The number of pyridine rings is 1. The van der Waals surface area contributed by atoms with Gasteiger partial charge in [-0.25, -0.2) is 0 Å². The van der Waals surface area contributed by atoms with Crippen LogP contribution in [0.1, 0.15) is 31.9 Å². The predicted octanol–water partition coefficient (Wildman–Crippen LogP) is 4.15. The van der Waals surface area contributed by atoms with Crippen LogP contribution in [0.4, 0.5) is 0 Å². The fraction of sp³-hybridized carbons (Fsp3) is 0.476. The van der Waals surface area contributed by atoms with Crippen LogP contribution in [0.5, 0.6) is 11.5 Å². The van der Waals surface area contributed by atoms with Crippen molar-refractivity contribution in [2.75, 3.05) is 33.4 Å². The van der Waals surface area contributed by atoms with Crippen LogP contribution in [-0.4, -0.2) is 48.2 Å². The SMILES string of the molecule is CCc1cc2[nH]c3cc(OCCCN4CCCC4)c(OC)cc3c2cn1. The van der Waals surface area contributed by atoms with Crippen LogP contribution in [-0.2, 0) is 6.42 Å². The second kappa shape index (κ2) is 7.54. The van der Waals surface area contributed by atoms with Gasteiger partial charge in [0.15, 0.2) is 11.5 Å². The fourth-order valence-corrected chi connectivity index (χ4v) is 3.79. The molecule has 26 heavy (non-hydrogen) atoms. The molecule has 0 spiro atoms. The topological polar surface area (TPSA) is 50.4 Å². The molecule has 1 N–H and O–H groups in total. The van der Waals surface area contributed by atoms with E-state index in [9.17, 15) is 0 Å². The van der Waals surface area contributed by atoms with Crippen molar-refractivity contribution in [2.24, 2.45) is 0 Å². The van der Waals surface area contributed by atoms with Gasteiger partial charge in [0.25, 0.3) is 0 Å². The maximum atomic E-state index is 6.05. The highest BCUT2D eigenvalue weighted by molar-refractivity contribution is 6.08. The van der Waals surface area contributed by atoms with Crippen molar-refractivity contribution in [3.8, 4) is 11.5 Å². The molecule has 0 saturated carbocycles. The van der Waals surface area contributed by atoms with E-state index in [1.165, 1.54) is 25.9 Å². The summed E-state index contributed by atoms with van der Waals surface area (Å²) in [5, 5.41) is 2.24. The first kappa shape index (κ1) is 17.2. The Balaban J connectivity index is 1.54. The maximum absolute atomic E-state index is 6.05. The predicted molar refractivity (Wildman–Crippen MR) is 105 cm³/mol. The Hall–Kier alpha value is -2.27. The zero-order valence-corrected chi connectivity index (χ0v) is 15.7.